The molecule has 6 rings (SSSR count). The third-order valence-corrected chi connectivity index (χ3v) is 9.72. The van der Waals surface area contributed by atoms with Crippen molar-refractivity contribution in [1.82, 2.24) is 34.1 Å². The van der Waals surface area contributed by atoms with Crippen LogP contribution in [-0.2, 0) is 15.0 Å². The van der Waals surface area contributed by atoms with Gasteiger partial charge in [-0.3, -0.25) is 14.8 Å². The Morgan fingerprint density at radius 3 is 2.65 bits per heavy atom. The number of alkyl halides is 2. The van der Waals surface area contributed by atoms with E-state index in [0.717, 1.165) is 12.3 Å². The average molecular weight is 691 g/mol. The molecule has 17 heteroatoms. The number of benzene rings is 1. The van der Waals surface area contributed by atoms with Crippen molar-refractivity contribution in [1.29, 1.82) is 0 Å². The number of aromatic nitrogens is 4. The fourth-order valence-electron chi connectivity index (χ4n) is 5.55. The number of pyridine rings is 1. The molecule has 0 unspecified atom stereocenters. The zero-order chi connectivity index (χ0) is 32.6. The van der Waals surface area contributed by atoms with Gasteiger partial charge in [-0.25, -0.2) is 14.1 Å². The number of nitrogens with zero attached hydrogens (tertiary/aromatic N) is 6. The SMILES string of the molecule is CC(=O)C[C@H](NS(=O)(=O)N[C@H]1CC2=C(c3ccn(C(F)F)n3)[C@H](c3ccc(F)cc3Cl)N=C(c3nccs3)N2C1)c1ccccn1. The van der Waals surface area contributed by atoms with Gasteiger partial charge in [0.25, 0.3) is 10.2 Å². The van der Waals surface area contributed by atoms with Crippen LogP contribution in [0.1, 0.15) is 60.4 Å². The topological polar surface area (TPSA) is 134 Å². The van der Waals surface area contributed by atoms with Crippen molar-refractivity contribution in [3.63, 3.8) is 0 Å². The maximum Gasteiger partial charge on any atom is 0.333 e. The number of thiazole rings is 1. The van der Waals surface area contributed by atoms with Crippen LogP contribution in [-0.4, -0.2) is 57.3 Å². The van der Waals surface area contributed by atoms with Gasteiger partial charge in [0.1, 0.15) is 17.6 Å². The highest BCUT2D eigenvalue weighted by atomic mass is 35.5. The summed E-state index contributed by atoms with van der Waals surface area (Å²) in [6, 6.07) is 7.70. The van der Waals surface area contributed by atoms with Crippen LogP contribution >= 0.6 is 22.9 Å². The molecule has 5 heterocycles. The maximum atomic E-state index is 14.1. The van der Waals surface area contributed by atoms with Gasteiger partial charge in [0.15, 0.2) is 10.8 Å². The summed E-state index contributed by atoms with van der Waals surface area (Å²) in [5.41, 5.74) is 1.92. The first-order valence-electron chi connectivity index (χ1n) is 14.0. The molecule has 0 aliphatic carbocycles. The molecule has 0 amide bonds. The van der Waals surface area contributed by atoms with E-state index in [2.05, 4.69) is 24.5 Å². The van der Waals surface area contributed by atoms with E-state index in [0.29, 0.717) is 38.1 Å². The van der Waals surface area contributed by atoms with Crippen LogP contribution < -0.4 is 9.44 Å². The first kappa shape index (κ1) is 32.0. The van der Waals surface area contributed by atoms with Gasteiger partial charge in [0, 0.05) is 71.3 Å². The number of halogens is 4. The maximum absolute atomic E-state index is 14.1. The molecule has 4 aromatic rings. The van der Waals surface area contributed by atoms with Crippen LogP contribution in [0, 0.1) is 5.82 Å². The molecule has 2 N–H and O–H groups in total. The van der Waals surface area contributed by atoms with Crippen molar-refractivity contribution in [2.45, 2.75) is 44.4 Å². The minimum Gasteiger partial charge on any atom is -0.326 e. The summed E-state index contributed by atoms with van der Waals surface area (Å²) in [5, 5.41) is 6.45. The summed E-state index contributed by atoms with van der Waals surface area (Å²) in [4.78, 5) is 27.3. The molecule has 3 atom stereocenters. The van der Waals surface area contributed by atoms with E-state index in [1.807, 2.05) is 0 Å². The highest BCUT2D eigenvalue weighted by Gasteiger charge is 2.42. The van der Waals surface area contributed by atoms with Crippen LogP contribution in [0.25, 0.3) is 5.57 Å². The summed E-state index contributed by atoms with van der Waals surface area (Å²) in [6.07, 6.45) is 4.23. The number of Topliss-reactive ketones (excluding diaryl/α,β-unsaturated/α-hetero) is 1. The predicted octanol–water partition coefficient (Wildman–Crippen LogP) is 5.05. The molecule has 1 saturated heterocycles. The second-order valence-corrected chi connectivity index (χ2v) is 13.4. The number of carbonyl (C=O) groups excluding carboxylic acids is 1. The summed E-state index contributed by atoms with van der Waals surface area (Å²) >= 11 is 7.81. The second kappa shape index (κ2) is 13.0. The lowest BCUT2D eigenvalue weighted by molar-refractivity contribution is -0.117. The van der Waals surface area contributed by atoms with Crippen molar-refractivity contribution in [3.05, 3.63) is 105 Å². The van der Waals surface area contributed by atoms with E-state index in [9.17, 15) is 26.4 Å². The highest BCUT2D eigenvalue weighted by molar-refractivity contribution is 7.87. The molecule has 0 spiro atoms. The zero-order valence-electron chi connectivity index (χ0n) is 24.0. The van der Waals surface area contributed by atoms with E-state index in [1.165, 1.54) is 42.7 Å². The molecule has 1 fully saturated rings. The number of hydrogen-bond donors (Lipinski definition) is 2. The molecular weight excluding hydrogens is 665 g/mol. The number of rotatable bonds is 11. The Hall–Kier alpha value is -3.96. The van der Waals surface area contributed by atoms with Crippen molar-refractivity contribution < 1.29 is 26.4 Å². The molecule has 0 saturated carbocycles. The molecule has 2 aliphatic rings. The average Bonchev–Trinajstić information content (AvgIpc) is 3.77. The van der Waals surface area contributed by atoms with E-state index in [4.69, 9.17) is 16.6 Å². The molecule has 11 nitrogen and oxygen atoms in total. The van der Waals surface area contributed by atoms with Gasteiger partial charge in [0.2, 0.25) is 0 Å². The Bertz CT molecular complexity index is 1920. The van der Waals surface area contributed by atoms with Crippen molar-refractivity contribution in [3.8, 4) is 0 Å². The molecule has 46 heavy (non-hydrogen) atoms. The monoisotopic (exact) mass is 690 g/mol. The summed E-state index contributed by atoms with van der Waals surface area (Å²) in [5.74, 6) is -0.391. The minimum absolute atomic E-state index is 0.0672. The lowest BCUT2D eigenvalue weighted by Gasteiger charge is -2.32. The van der Waals surface area contributed by atoms with Crippen molar-refractivity contribution >= 4 is 50.3 Å². The third-order valence-electron chi connectivity index (χ3n) is 7.38. The molecule has 1 aromatic carbocycles. The number of fused-ring (bicyclic) bond motifs is 1. The van der Waals surface area contributed by atoms with Crippen LogP contribution in [0.4, 0.5) is 13.2 Å². The summed E-state index contributed by atoms with van der Waals surface area (Å²) in [7, 11) is -4.21. The van der Waals surface area contributed by atoms with Crippen LogP contribution in [0.15, 0.2) is 77.1 Å². The summed E-state index contributed by atoms with van der Waals surface area (Å²) in [6.45, 7) is -1.44. The Labute approximate surface area is 271 Å². The fourth-order valence-corrected chi connectivity index (χ4v) is 7.70. The largest absolute Gasteiger partial charge is 0.333 e. The number of hydrogen-bond acceptors (Lipinski definition) is 9. The number of amidine groups is 1. The Morgan fingerprint density at radius 2 is 2.00 bits per heavy atom. The van der Waals surface area contributed by atoms with Gasteiger partial charge in [-0.05, 0) is 37.3 Å². The zero-order valence-corrected chi connectivity index (χ0v) is 26.4. The van der Waals surface area contributed by atoms with Gasteiger partial charge in [-0.2, -0.15) is 31.7 Å². The predicted molar refractivity (Wildman–Crippen MR) is 166 cm³/mol. The lowest BCUT2D eigenvalue weighted by atomic mass is 9.92. The standard InChI is InChI=1S/C29H26ClF3N8O3S2/c1-16(42)12-23(21-4-2-3-8-34-21)39-46(43,44)38-18-14-24-25(22-7-10-41(37-22)29(32)33)26(19-6-5-17(31)13-20(19)30)36-27(40(24)15-18)28-35-9-11-45-28/h2-11,13,18,23,26,29,38-39H,12,14-15H2,1H3/t18-,23-,26-/m0/s1. The van der Waals surface area contributed by atoms with Gasteiger partial charge in [-0.1, -0.05) is 23.7 Å². The van der Waals surface area contributed by atoms with Crippen LogP contribution in [0.2, 0.25) is 5.02 Å². The normalized spacial score (nSPS) is 19.0. The minimum atomic E-state index is -4.21. The van der Waals surface area contributed by atoms with E-state index in [-0.39, 0.29) is 35.9 Å². The van der Waals surface area contributed by atoms with Crippen LogP contribution in [0.3, 0.4) is 0 Å². The van der Waals surface area contributed by atoms with Crippen molar-refractivity contribution in [2.24, 2.45) is 4.99 Å². The highest BCUT2D eigenvalue weighted by Crippen LogP contribution is 2.46. The Morgan fingerprint density at radius 1 is 1.17 bits per heavy atom. The second-order valence-electron chi connectivity index (χ2n) is 10.6. The van der Waals surface area contributed by atoms with Crippen molar-refractivity contribution in [2.75, 3.05) is 6.54 Å². The molecule has 3 aromatic heterocycles. The fraction of sp³-hybridized carbons (Fsp3) is 0.276. The Kier molecular flexibility index (Phi) is 9.07. The van der Waals surface area contributed by atoms with E-state index >= 15 is 0 Å². The number of carbonyl (C=O) groups is 1. The molecule has 240 valence electrons. The number of nitrogens with one attached hydrogen (secondary N) is 2. The number of aliphatic imine (C=N–C) groups is 1. The van der Waals surface area contributed by atoms with Gasteiger partial charge < -0.3 is 4.90 Å². The third kappa shape index (κ3) is 6.76. The summed E-state index contributed by atoms with van der Waals surface area (Å²) < 4.78 is 74.0. The van der Waals surface area contributed by atoms with Crippen LogP contribution in [0.5, 0.6) is 0 Å². The molecule has 2 aliphatic heterocycles. The van der Waals surface area contributed by atoms with E-state index in [1.54, 1.807) is 34.7 Å². The first-order chi connectivity index (χ1) is 22.0. The number of ketones is 1. The van der Waals surface area contributed by atoms with E-state index < -0.39 is 40.7 Å². The van der Waals surface area contributed by atoms with Gasteiger partial charge in [0.05, 0.1) is 17.4 Å². The molecular formula is C29H26ClF3N8O3S2. The lowest BCUT2D eigenvalue weighted by Crippen LogP contribution is -2.46. The molecule has 0 radical (unpaired) electrons. The van der Waals surface area contributed by atoms with Gasteiger partial charge in [-0.15, -0.1) is 11.3 Å². The Balaban J connectivity index is 1.40. The van der Waals surface area contributed by atoms with Gasteiger partial charge >= 0.3 is 6.55 Å². The molecule has 0 bridgehead atoms. The quantitative estimate of drug-likeness (QED) is 0.225. The smallest absolute Gasteiger partial charge is 0.326 e. The first-order valence-corrected chi connectivity index (χ1v) is 16.7.